The average Bonchev–Trinajstić information content (AvgIpc) is 2.94. The highest BCUT2D eigenvalue weighted by atomic mass is 32.2. The molecule has 0 radical (unpaired) electrons. The molecular formula is C15H20N4O2S. The van der Waals surface area contributed by atoms with Crippen molar-refractivity contribution in [3.8, 4) is 5.75 Å². The molecule has 2 aromatic rings. The second-order valence-corrected chi connectivity index (χ2v) is 6.10. The number of anilines is 1. The number of carbonyl (C=O) groups excluding carboxylic acids is 1. The van der Waals surface area contributed by atoms with Gasteiger partial charge in [0.2, 0.25) is 5.91 Å². The van der Waals surface area contributed by atoms with Crippen LogP contribution in [0.4, 0.5) is 5.69 Å². The Hall–Kier alpha value is -2.02. The predicted octanol–water partition coefficient (Wildman–Crippen LogP) is 2.91. The Balaban J connectivity index is 1.99. The van der Waals surface area contributed by atoms with Gasteiger partial charge in [-0.1, -0.05) is 17.8 Å². The number of amides is 1. The van der Waals surface area contributed by atoms with E-state index >= 15 is 0 Å². The zero-order valence-electron chi connectivity index (χ0n) is 13.2. The highest BCUT2D eigenvalue weighted by Gasteiger charge is 2.12. The second kappa shape index (κ2) is 7.31. The van der Waals surface area contributed by atoms with Gasteiger partial charge in [0, 0.05) is 6.04 Å². The molecule has 0 spiro atoms. The summed E-state index contributed by atoms with van der Waals surface area (Å²) in [4.78, 5) is 12.1. The molecule has 1 heterocycles. The molecule has 118 valence electrons. The smallest absolute Gasteiger partial charge is 0.234 e. The quantitative estimate of drug-likeness (QED) is 0.829. The monoisotopic (exact) mass is 320 g/mol. The number of methoxy groups -OCH3 is 1. The first kappa shape index (κ1) is 16.4. The summed E-state index contributed by atoms with van der Waals surface area (Å²) in [7, 11) is 1.58. The first-order valence-corrected chi connectivity index (χ1v) is 7.96. The van der Waals surface area contributed by atoms with Crippen molar-refractivity contribution >= 4 is 23.4 Å². The Morgan fingerprint density at radius 1 is 1.45 bits per heavy atom. The number of nitrogens with one attached hydrogen (secondary N) is 1. The standard InChI is InChI=1S/C15H20N4O2S/c1-10(2)19-9-16-18-15(19)22-8-14(20)17-12-7-11(3)5-6-13(12)21-4/h5-7,9-10H,8H2,1-4H3,(H,17,20). The second-order valence-electron chi connectivity index (χ2n) is 5.16. The molecule has 0 saturated carbocycles. The first-order chi connectivity index (χ1) is 10.5. The highest BCUT2D eigenvalue weighted by Crippen LogP contribution is 2.26. The van der Waals surface area contributed by atoms with Crippen molar-refractivity contribution < 1.29 is 9.53 Å². The van der Waals surface area contributed by atoms with E-state index in [1.807, 2.05) is 43.5 Å². The molecule has 0 aliphatic rings. The van der Waals surface area contributed by atoms with Crippen LogP contribution in [0.15, 0.2) is 29.7 Å². The normalized spacial score (nSPS) is 10.8. The molecule has 6 nitrogen and oxygen atoms in total. The number of hydrogen-bond donors (Lipinski definition) is 1. The van der Waals surface area contributed by atoms with Gasteiger partial charge in [-0.3, -0.25) is 4.79 Å². The van der Waals surface area contributed by atoms with E-state index in [1.54, 1.807) is 13.4 Å². The number of hydrogen-bond acceptors (Lipinski definition) is 5. The van der Waals surface area contributed by atoms with Crippen LogP contribution in [-0.2, 0) is 4.79 Å². The Kier molecular flexibility index (Phi) is 5.43. The Bertz CT molecular complexity index is 655. The maximum absolute atomic E-state index is 12.1. The van der Waals surface area contributed by atoms with E-state index in [0.29, 0.717) is 11.4 Å². The van der Waals surface area contributed by atoms with Gasteiger partial charge in [-0.25, -0.2) is 0 Å². The van der Waals surface area contributed by atoms with E-state index in [2.05, 4.69) is 15.5 Å². The summed E-state index contributed by atoms with van der Waals surface area (Å²) < 4.78 is 7.19. The van der Waals surface area contributed by atoms with Gasteiger partial charge in [-0.05, 0) is 38.5 Å². The molecular weight excluding hydrogens is 300 g/mol. The molecule has 0 aliphatic heterocycles. The van der Waals surface area contributed by atoms with E-state index in [-0.39, 0.29) is 17.7 Å². The Labute approximate surface area is 134 Å². The van der Waals surface area contributed by atoms with Gasteiger partial charge in [0.1, 0.15) is 12.1 Å². The lowest BCUT2D eigenvalue weighted by molar-refractivity contribution is -0.113. The van der Waals surface area contributed by atoms with Crippen LogP contribution in [0.2, 0.25) is 0 Å². The minimum Gasteiger partial charge on any atom is -0.495 e. The summed E-state index contributed by atoms with van der Waals surface area (Å²) in [5.41, 5.74) is 1.74. The van der Waals surface area contributed by atoms with Crippen molar-refractivity contribution in [1.29, 1.82) is 0 Å². The van der Waals surface area contributed by atoms with Crippen LogP contribution in [0.5, 0.6) is 5.75 Å². The molecule has 0 bridgehead atoms. The number of rotatable bonds is 6. The SMILES string of the molecule is COc1ccc(C)cc1NC(=O)CSc1nncn1C(C)C. The largest absolute Gasteiger partial charge is 0.495 e. The zero-order valence-corrected chi connectivity index (χ0v) is 14.0. The minimum atomic E-state index is -0.104. The fraction of sp³-hybridized carbons (Fsp3) is 0.400. The van der Waals surface area contributed by atoms with Gasteiger partial charge in [-0.2, -0.15) is 0 Å². The highest BCUT2D eigenvalue weighted by molar-refractivity contribution is 7.99. The Morgan fingerprint density at radius 2 is 2.23 bits per heavy atom. The first-order valence-electron chi connectivity index (χ1n) is 6.98. The molecule has 0 aliphatic carbocycles. The summed E-state index contributed by atoms with van der Waals surface area (Å²) in [6.07, 6.45) is 1.68. The molecule has 0 fully saturated rings. The number of aromatic nitrogens is 3. The van der Waals surface area contributed by atoms with E-state index in [9.17, 15) is 4.79 Å². The maximum atomic E-state index is 12.1. The molecule has 22 heavy (non-hydrogen) atoms. The van der Waals surface area contributed by atoms with E-state index in [1.165, 1.54) is 11.8 Å². The summed E-state index contributed by atoms with van der Waals surface area (Å²) in [6.45, 7) is 6.06. The number of carbonyl (C=O) groups is 1. The lowest BCUT2D eigenvalue weighted by Gasteiger charge is -2.11. The molecule has 0 saturated heterocycles. The van der Waals surface area contributed by atoms with Crippen LogP contribution in [0.1, 0.15) is 25.5 Å². The number of ether oxygens (including phenoxy) is 1. The zero-order chi connectivity index (χ0) is 16.1. The molecule has 2 rings (SSSR count). The summed E-state index contributed by atoms with van der Waals surface area (Å²) in [6, 6.07) is 5.93. The van der Waals surface area contributed by atoms with Crippen molar-refractivity contribution in [3.63, 3.8) is 0 Å². The molecule has 1 aromatic carbocycles. The van der Waals surface area contributed by atoms with Gasteiger partial charge < -0.3 is 14.6 Å². The van der Waals surface area contributed by atoms with E-state index in [0.717, 1.165) is 10.7 Å². The van der Waals surface area contributed by atoms with Crippen LogP contribution < -0.4 is 10.1 Å². The van der Waals surface area contributed by atoms with E-state index in [4.69, 9.17) is 4.74 Å². The van der Waals surface area contributed by atoms with Crippen molar-refractivity contribution in [2.24, 2.45) is 0 Å². The third-order valence-electron chi connectivity index (χ3n) is 3.06. The molecule has 1 aromatic heterocycles. The van der Waals surface area contributed by atoms with Crippen molar-refractivity contribution in [2.45, 2.75) is 32.0 Å². The molecule has 0 unspecified atom stereocenters. The van der Waals surface area contributed by atoms with Crippen molar-refractivity contribution in [1.82, 2.24) is 14.8 Å². The summed E-state index contributed by atoms with van der Waals surface area (Å²) >= 11 is 1.36. The predicted molar refractivity (Wildman–Crippen MR) is 87.5 cm³/mol. The van der Waals surface area contributed by atoms with Gasteiger partial charge in [-0.15, -0.1) is 10.2 Å². The van der Waals surface area contributed by atoms with Crippen LogP contribution in [0.25, 0.3) is 0 Å². The fourth-order valence-electron chi connectivity index (χ4n) is 1.93. The Morgan fingerprint density at radius 3 is 2.91 bits per heavy atom. The van der Waals surface area contributed by atoms with Crippen LogP contribution in [0.3, 0.4) is 0 Å². The number of nitrogens with zero attached hydrogens (tertiary/aromatic N) is 3. The van der Waals surface area contributed by atoms with E-state index < -0.39 is 0 Å². The van der Waals surface area contributed by atoms with Crippen molar-refractivity contribution in [3.05, 3.63) is 30.1 Å². The van der Waals surface area contributed by atoms with Gasteiger partial charge in [0.15, 0.2) is 5.16 Å². The molecule has 0 atom stereocenters. The lowest BCUT2D eigenvalue weighted by atomic mass is 10.2. The summed E-state index contributed by atoms with van der Waals surface area (Å²) in [5, 5.41) is 11.5. The van der Waals surface area contributed by atoms with Gasteiger partial charge >= 0.3 is 0 Å². The van der Waals surface area contributed by atoms with Gasteiger partial charge in [0.05, 0.1) is 18.6 Å². The number of thioether (sulfide) groups is 1. The topological polar surface area (TPSA) is 69.0 Å². The average molecular weight is 320 g/mol. The molecule has 1 amide bonds. The van der Waals surface area contributed by atoms with Crippen LogP contribution in [0, 0.1) is 6.92 Å². The number of aryl methyl sites for hydroxylation is 1. The third-order valence-corrected chi connectivity index (χ3v) is 4.02. The fourth-order valence-corrected chi connectivity index (χ4v) is 2.77. The summed E-state index contributed by atoms with van der Waals surface area (Å²) in [5.74, 6) is 0.809. The van der Waals surface area contributed by atoms with Crippen molar-refractivity contribution in [2.75, 3.05) is 18.2 Å². The number of benzene rings is 1. The molecule has 1 N–H and O–H groups in total. The maximum Gasteiger partial charge on any atom is 0.234 e. The lowest BCUT2D eigenvalue weighted by Crippen LogP contribution is -2.15. The minimum absolute atomic E-state index is 0.104. The molecule has 7 heteroatoms. The van der Waals surface area contributed by atoms with Crippen LogP contribution >= 0.6 is 11.8 Å². The third kappa shape index (κ3) is 4.00. The van der Waals surface area contributed by atoms with Crippen LogP contribution in [-0.4, -0.2) is 33.5 Å². The van der Waals surface area contributed by atoms with Gasteiger partial charge in [0.25, 0.3) is 0 Å².